The lowest BCUT2D eigenvalue weighted by Crippen LogP contribution is -2.39. The van der Waals surface area contributed by atoms with Gasteiger partial charge in [0.25, 0.3) is 0 Å². The van der Waals surface area contributed by atoms with Crippen LogP contribution in [0, 0.1) is 11.2 Å². The maximum absolute atomic E-state index is 13.0. The van der Waals surface area contributed by atoms with Gasteiger partial charge in [-0.25, -0.2) is 4.39 Å². The van der Waals surface area contributed by atoms with Gasteiger partial charge in [-0.3, -0.25) is 0 Å². The van der Waals surface area contributed by atoms with Crippen molar-refractivity contribution in [3.63, 3.8) is 0 Å². The van der Waals surface area contributed by atoms with Gasteiger partial charge in [-0.15, -0.1) is 0 Å². The SMILES string of the molecule is OCC1(CNCCc2cccc(F)c2)CCCCC1. The minimum absolute atomic E-state index is 0.0835. The molecule has 3 heteroatoms. The van der Waals surface area contributed by atoms with Gasteiger partial charge in [-0.2, -0.15) is 0 Å². The van der Waals surface area contributed by atoms with Crippen molar-refractivity contribution < 1.29 is 9.50 Å². The fourth-order valence-corrected chi connectivity index (χ4v) is 2.97. The Labute approximate surface area is 115 Å². The summed E-state index contributed by atoms with van der Waals surface area (Å²) in [4.78, 5) is 0. The van der Waals surface area contributed by atoms with Crippen LogP contribution in [0.4, 0.5) is 4.39 Å². The number of nitrogens with one attached hydrogen (secondary N) is 1. The molecule has 0 aromatic heterocycles. The highest BCUT2D eigenvalue weighted by molar-refractivity contribution is 5.16. The maximum Gasteiger partial charge on any atom is 0.123 e. The molecule has 2 nitrogen and oxygen atoms in total. The quantitative estimate of drug-likeness (QED) is 0.775. The molecular formula is C16H24FNO. The summed E-state index contributed by atoms with van der Waals surface area (Å²) in [5, 5.41) is 13.0. The third kappa shape index (κ3) is 4.29. The van der Waals surface area contributed by atoms with Gasteiger partial charge in [0.2, 0.25) is 0 Å². The van der Waals surface area contributed by atoms with Crippen molar-refractivity contribution in [2.75, 3.05) is 19.7 Å². The summed E-state index contributed by atoms with van der Waals surface area (Å²) >= 11 is 0. The van der Waals surface area contributed by atoms with E-state index in [-0.39, 0.29) is 17.8 Å². The molecule has 1 saturated carbocycles. The number of rotatable bonds is 6. The maximum atomic E-state index is 13.0. The first-order chi connectivity index (χ1) is 9.24. The van der Waals surface area contributed by atoms with Crippen molar-refractivity contribution in [3.05, 3.63) is 35.6 Å². The lowest BCUT2D eigenvalue weighted by molar-refractivity contribution is 0.0816. The molecule has 0 spiro atoms. The Morgan fingerprint density at radius 1 is 1.21 bits per heavy atom. The third-order valence-electron chi connectivity index (χ3n) is 4.23. The summed E-state index contributed by atoms with van der Waals surface area (Å²) < 4.78 is 13.0. The highest BCUT2D eigenvalue weighted by Crippen LogP contribution is 2.35. The Bertz CT molecular complexity index is 388. The number of hydrogen-bond donors (Lipinski definition) is 2. The Balaban J connectivity index is 1.73. The van der Waals surface area contributed by atoms with E-state index in [4.69, 9.17) is 0 Å². The van der Waals surface area contributed by atoms with Gasteiger partial charge in [0, 0.05) is 18.6 Å². The fourth-order valence-electron chi connectivity index (χ4n) is 2.97. The van der Waals surface area contributed by atoms with Crippen LogP contribution in [0.2, 0.25) is 0 Å². The van der Waals surface area contributed by atoms with Gasteiger partial charge in [-0.1, -0.05) is 31.4 Å². The molecule has 1 fully saturated rings. The van der Waals surface area contributed by atoms with Crippen molar-refractivity contribution >= 4 is 0 Å². The number of benzene rings is 1. The molecule has 19 heavy (non-hydrogen) atoms. The van der Waals surface area contributed by atoms with Crippen LogP contribution in [-0.2, 0) is 6.42 Å². The van der Waals surface area contributed by atoms with E-state index < -0.39 is 0 Å². The number of aliphatic hydroxyl groups is 1. The van der Waals surface area contributed by atoms with Crippen molar-refractivity contribution in [1.29, 1.82) is 0 Å². The molecule has 0 atom stereocenters. The average molecular weight is 265 g/mol. The van der Waals surface area contributed by atoms with Gasteiger partial charge >= 0.3 is 0 Å². The van der Waals surface area contributed by atoms with Crippen LogP contribution in [0.15, 0.2) is 24.3 Å². The van der Waals surface area contributed by atoms with Gasteiger partial charge < -0.3 is 10.4 Å². The minimum Gasteiger partial charge on any atom is -0.396 e. The molecule has 106 valence electrons. The zero-order valence-electron chi connectivity index (χ0n) is 11.5. The summed E-state index contributed by atoms with van der Waals surface area (Å²) in [6.07, 6.45) is 6.83. The molecule has 0 unspecified atom stereocenters. The fraction of sp³-hybridized carbons (Fsp3) is 0.625. The predicted molar refractivity (Wildman–Crippen MR) is 75.6 cm³/mol. The summed E-state index contributed by atoms with van der Waals surface area (Å²) in [5.74, 6) is -0.170. The van der Waals surface area contributed by atoms with Crippen molar-refractivity contribution in [2.24, 2.45) is 5.41 Å². The molecule has 2 rings (SSSR count). The van der Waals surface area contributed by atoms with Crippen molar-refractivity contribution in [1.82, 2.24) is 5.32 Å². The monoisotopic (exact) mass is 265 g/mol. The van der Waals surface area contributed by atoms with Crippen LogP contribution in [0.5, 0.6) is 0 Å². The minimum atomic E-state index is -0.170. The zero-order valence-corrected chi connectivity index (χ0v) is 11.5. The normalized spacial score (nSPS) is 18.4. The van der Waals surface area contributed by atoms with Crippen LogP contribution in [-0.4, -0.2) is 24.8 Å². The molecular weight excluding hydrogens is 241 g/mol. The summed E-state index contributed by atoms with van der Waals surface area (Å²) in [7, 11) is 0. The van der Waals surface area contributed by atoms with E-state index in [9.17, 15) is 9.50 Å². The van der Waals surface area contributed by atoms with E-state index in [1.807, 2.05) is 6.07 Å². The van der Waals surface area contributed by atoms with E-state index in [0.29, 0.717) is 0 Å². The summed E-state index contributed by atoms with van der Waals surface area (Å²) in [6.45, 7) is 1.99. The van der Waals surface area contributed by atoms with Crippen LogP contribution in [0.1, 0.15) is 37.7 Å². The smallest absolute Gasteiger partial charge is 0.123 e. The van der Waals surface area contributed by atoms with Crippen LogP contribution >= 0.6 is 0 Å². The van der Waals surface area contributed by atoms with Crippen LogP contribution < -0.4 is 5.32 Å². The second-order valence-corrected chi connectivity index (χ2v) is 5.78. The van der Waals surface area contributed by atoms with E-state index in [0.717, 1.165) is 37.9 Å². The van der Waals surface area contributed by atoms with Crippen LogP contribution in [0.25, 0.3) is 0 Å². The number of halogens is 1. The molecule has 0 heterocycles. The van der Waals surface area contributed by atoms with E-state index in [1.165, 1.54) is 25.3 Å². The summed E-state index contributed by atoms with van der Waals surface area (Å²) in [5.41, 5.74) is 1.11. The molecule has 0 saturated heterocycles. The highest BCUT2D eigenvalue weighted by Gasteiger charge is 2.30. The molecule has 0 aliphatic heterocycles. The van der Waals surface area contributed by atoms with Gasteiger partial charge in [0.05, 0.1) is 0 Å². The first-order valence-electron chi connectivity index (χ1n) is 7.30. The van der Waals surface area contributed by atoms with Gasteiger partial charge in [0.1, 0.15) is 5.82 Å². The second kappa shape index (κ2) is 7.01. The molecule has 0 bridgehead atoms. The molecule has 1 aromatic rings. The Morgan fingerprint density at radius 3 is 2.68 bits per heavy atom. The van der Waals surface area contributed by atoms with E-state index >= 15 is 0 Å². The Hall–Kier alpha value is -0.930. The lowest BCUT2D eigenvalue weighted by Gasteiger charge is -2.35. The molecule has 0 radical (unpaired) electrons. The average Bonchev–Trinajstić information content (AvgIpc) is 2.45. The number of aliphatic hydroxyl groups excluding tert-OH is 1. The van der Waals surface area contributed by atoms with E-state index in [1.54, 1.807) is 12.1 Å². The van der Waals surface area contributed by atoms with Gasteiger partial charge in [-0.05, 0) is 43.5 Å². The van der Waals surface area contributed by atoms with Crippen LogP contribution in [0.3, 0.4) is 0 Å². The molecule has 0 amide bonds. The zero-order chi connectivity index (χ0) is 13.6. The topological polar surface area (TPSA) is 32.3 Å². The number of hydrogen-bond acceptors (Lipinski definition) is 2. The first kappa shape index (κ1) is 14.5. The largest absolute Gasteiger partial charge is 0.396 e. The predicted octanol–water partition coefficient (Wildman–Crippen LogP) is 2.90. The Kier molecular flexibility index (Phi) is 5.34. The Morgan fingerprint density at radius 2 is 2.00 bits per heavy atom. The third-order valence-corrected chi connectivity index (χ3v) is 4.23. The van der Waals surface area contributed by atoms with Crippen molar-refractivity contribution in [3.8, 4) is 0 Å². The molecule has 1 aromatic carbocycles. The van der Waals surface area contributed by atoms with Crippen molar-refractivity contribution in [2.45, 2.75) is 38.5 Å². The molecule has 1 aliphatic rings. The molecule has 1 aliphatic carbocycles. The highest BCUT2D eigenvalue weighted by atomic mass is 19.1. The van der Waals surface area contributed by atoms with Gasteiger partial charge in [0.15, 0.2) is 0 Å². The lowest BCUT2D eigenvalue weighted by atomic mass is 9.74. The standard InChI is InChI=1S/C16H24FNO/c17-15-6-4-5-14(11-15)7-10-18-12-16(13-19)8-2-1-3-9-16/h4-6,11,18-19H,1-3,7-10,12-13H2. The summed E-state index contributed by atoms with van der Waals surface area (Å²) in [6, 6.07) is 6.76. The van der Waals surface area contributed by atoms with E-state index in [2.05, 4.69) is 5.32 Å². The second-order valence-electron chi connectivity index (χ2n) is 5.78. The molecule has 2 N–H and O–H groups in total. The first-order valence-corrected chi connectivity index (χ1v) is 7.30.